The number of thioether (sulfide) groups is 1. The van der Waals surface area contributed by atoms with E-state index in [0.717, 1.165) is 6.42 Å². The molecule has 78 valence electrons. The third kappa shape index (κ3) is 2.53. The van der Waals surface area contributed by atoms with E-state index in [9.17, 15) is 4.79 Å². The third-order valence-electron chi connectivity index (χ3n) is 2.16. The van der Waals surface area contributed by atoms with Gasteiger partial charge in [0, 0.05) is 11.8 Å². The lowest BCUT2D eigenvalue weighted by Crippen LogP contribution is -2.26. The van der Waals surface area contributed by atoms with Gasteiger partial charge in [-0.05, 0) is 5.56 Å². The first kappa shape index (κ1) is 10.1. The highest BCUT2D eigenvalue weighted by Gasteiger charge is 2.20. The number of rotatable bonds is 3. The monoisotopic (exact) mass is 221 g/mol. The van der Waals surface area contributed by atoms with E-state index in [0.29, 0.717) is 5.70 Å². The summed E-state index contributed by atoms with van der Waals surface area (Å²) in [4.78, 5) is 10.7. The van der Waals surface area contributed by atoms with Crippen molar-refractivity contribution in [3.8, 4) is 0 Å². The van der Waals surface area contributed by atoms with Crippen LogP contribution >= 0.6 is 11.8 Å². The van der Waals surface area contributed by atoms with Gasteiger partial charge in [-0.2, -0.15) is 0 Å². The number of hydrogen-bond acceptors (Lipinski definition) is 3. The second-order valence-corrected chi connectivity index (χ2v) is 4.37. The molecule has 3 nitrogen and oxygen atoms in total. The van der Waals surface area contributed by atoms with Crippen molar-refractivity contribution in [2.75, 3.05) is 0 Å². The first-order valence-electron chi connectivity index (χ1n) is 4.65. The highest BCUT2D eigenvalue weighted by molar-refractivity contribution is 8.03. The van der Waals surface area contributed by atoms with Gasteiger partial charge in [-0.25, -0.2) is 4.79 Å². The summed E-state index contributed by atoms with van der Waals surface area (Å²) in [7, 11) is 0. The van der Waals surface area contributed by atoms with Crippen molar-refractivity contribution in [1.82, 2.24) is 5.32 Å². The number of aliphatic carboxylic acids is 1. The molecule has 0 bridgehead atoms. The molecule has 1 aliphatic heterocycles. The van der Waals surface area contributed by atoms with Crippen molar-refractivity contribution in [2.24, 2.45) is 0 Å². The zero-order valence-corrected chi connectivity index (χ0v) is 8.83. The Bertz CT molecular complexity index is 389. The molecule has 0 fully saturated rings. The van der Waals surface area contributed by atoms with Gasteiger partial charge < -0.3 is 10.4 Å². The lowest BCUT2D eigenvalue weighted by molar-refractivity contribution is -0.133. The minimum absolute atomic E-state index is 0.137. The van der Waals surface area contributed by atoms with E-state index in [1.807, 2.05) is 30.3 Å². The quantitative estimate of drug-likeness (QED) is 0.817. The van der Waals surface area contributed by atoms with Gasteiger partial charge in [0.25, 0.3) is 0 Å². The van der Waals surface area contributed by atoms with Crippen LogP contribution in [-0.4, -0.2) is 16.4 Å². The Balaban J connectivity index is 1.93. The molecule has 1 atom stereocenters. The topological polar surface area (TPSA) is 49.3 Å². The maximum Gasteiger partial charge on any atom is 0.352 e. The number of nitrogens with one attached hydrogen (secondary N) is 1. The second kappa shape index (κ2) is 4.40. The van der Waals surface area contributed by atoms with Gasteiger partial charge >= 0.3 is 5.97 Å². The predicted molar refractivity (Wildman–Crippen MR) is 60.4 cm³/mol. The molecule has 0 amide bonds. The molecule has 2 rings (SSSR count). The fourth-order valence-corrected chi connectivity index (χ4v) is 2.38. The maximum atomic E-state index is 10.7. The van der Waals surface area contributed by atoms with Crippen LogP contribution in [0.25, 0.3) is 0 Å². The van der Waals surface area contributed by atoms with Gasteiger partial charge in [-0.15, -0.1) is 11.8 Å². The van der Waals surface area contributed by atoms with Crippen molar-refractivity contribution in [1.29, 1.82) is 0 Å². The average molecular weight is 221 g/mol. The van der Waals surface area contributed by atoms with Crippen LogP contribution in [0.4, 0.5) is 0 Å². The number of carboxylic acids is 1. The molecule has 1 aromatic carbocycles. The summed E-state index contributed by atoms with van der Waals surface area (Å²) in [5, 5.41) is 13.5. The van der Waals surface area contributed by atoms with Gasteiger partial charge in [0.2, 0.25) is 0 Å². The molecule has 2 N–H and O–H groups in total. The summed E-state index contributed by atoms with van der Waals surface area (Å²) in [6.07, 6.45) is 0.832. The standard InChI is InChI=1S/C11H11NO2S/c13-11(14)9-7-15-10(12-9)6-8-4-2-1-3-5-8/h1-5,7,10,12H,6H2,(H,13,14). The van der Waals surface area contributed by atoms with E-state index >= 15 is 0 Å². The van der Waals surface area contributed by atoms with Gasteiger partial charge in [-0.1, -0.05) is 30.3 Å². The minimum Gasteiger partial charge on any atom is -0.477 e. The number of carbonyl (C=O) groups is 1. The first-order chi connectivity index (χ1) is 7.25. The van der Waals surface area contributed by atoms with Crippen molar-refractivity contribution in [2.45, 2.75) is 11.8 Å². The van der Waals surface area contributed by atoms with E-state index in [1.165, 1.54) is 17.3 Å². The molecule has 0 saturated carbocycles. The van der Waals surface area contributed by atoms with E-state index < -0.39 is 5.97 Å². The smallest absolute Gasteiger partial charge is 0.352 e. The summed E-state index contributed by atoms with van der Waals surface area (Å²) in [5.74, 6) is -0.891. The van der Waals surface area contributed by atoms with E-state index in [1.54, 1.807) is 5.41 Å². The first-order valence-corrected chi connectivity index (χ1v) is 5.59. The Morgan fingerprint density at radius 1 is 1.40 bits per heavy atom. The van der Waals surface area contributed by atoms with Crippen LogP contribution in [0.3, 0.4) is 0 Å². The lowest BCUT2D eigenvalue weighted by atomic mass is 10.1. The van der Waals surface area contributed by atoms with Crippen LogP contribution in [0.1, 0.15) is 5.56 Å². The maximum absolute atomic E-state index is 10.7. The normalized spacial score (nSPS) is 19.5. The van der Waals surface area contributed by atoms with Crippen molar-refractivity contribution < 1.29 is 9.90 Å². The summed E-state index contributed by atoms with van der Waals surface area (Å²) in [5.41, 5.74) is 1.50. The van der Waals surface area contributed by atoms with Crippen LogP contribution in [0.5, 0.6) is 0 Å². The van der Waals surface area contributed by atoms with Crippen LogP contribution in [-0.2, 0) is 11.2 Å². The van der Waals surface area contributed by atoms with Gasteiger partial charge in [0.15, 0.2) is 0 Å². The van der Waals surface area contributed by atoms with Gasteiger partial charge in [0.1, 0.15) is 5.70 Å². The van der Waals surface area contributed by atoms with Crippen molar-refractivity contribution in [3.05, 3.63) is 47.0 Å². The van der Waals surface area contributed by atoms with E-state index in [4.69, 9.17) is 5.11 Å². The molecule has 1 aromatic rings. The molecule has 0 radical (unpaired) electrons. The third-order valence-corrected chi connectivity index (χ3v) is 3.15. The molecular weight excluding hydrogens is 210 g/mol. The fourth-order valence-electron chi connectivity index (χ4n) is 1.43. The summed E-state index contributed by atoms with van der Waals surface area (Å²) in [6, 6.07) is 10.0. The van der Waals surface area contributed by atoms with Crippen LogP contribution < -0.4 is 5.32 Å². The Morgan fingerprint density at radius 2 is 2.13 bits per heavy atom. The predicted octanol–water partition coefficient (Wildman–Crippen LogP) is 1.82. The molecule has 1 aliphatic rings. The Morgan fingerprint density at radius 3 is 2.73 bits per heavy atom. The SMILES string of the molecule is O=C(O)C1=CSC(Cc2ccccc2)N1. The van der Waals surface area contributed by atoms with Crippen LogP contribution in [0.15, 0.2) is 41.4 Å². The summed E-state index contributed by atoms with van der Waals surface area (Å²) in [6.45, 7) is 0. The van der Waals surface area contributed by atoms with Crippen LogP contribution in [0, 0.1) is 0 Å². The number of hydrogen-bond donors (Lipinski definition) is 2. The second-order valence-electron chi connectivity index (χ2n) is 3.30. The Labute approximate surface area is 92.2 Å². The van der Waals surface area contributed by atoms with Gasteiger partial charge in [0.05, 0.1) is 5.37 Å². The molecule has 1 heterocycles. The van der Waals surface area contributed by atoms with Crippen LogP contribution in [0.2, 0.25) is 0 Å². The number of carboxylic acid groups (broad SMARTS) is 1. The van der Waals surface area contributed by atoms with Gasteiger partial charge in [-0.3, -0.25) is 0 Å². The molecule has 1 unspecified atom stereocenters. The average Bonchev–Trinajstić information content (AvgIpc) is 2.68. The highest BCUT2D eigenvalue weighted by Crippen LogP contribution is 2.23. The summed E-state index contributed by atoms with van der Waals surface area (Å²) < 4.78 is 0. The minimum atomic E-state index is -0.891. The molecule has 0 spiro atoms. The molecule has 4 heteroatoms. The Kier molecular flexibility index (Phi) is 2.97. The highest BCUT2D eigenvalue weighted by atomic mass is 32.2. The fraction of sp³-hybridized carbons (Fsp3) is 0.182. The number of benzene rings is 1. The zero-order valence-electron chi connectivity index (χ0n) is 8.01. The van der Waals surface area contributed by atoms with E-state index in [-0.39, 0.29) is 5.37 Å². The van der Waals surface area contributed by atoms with Crippen molar-refractivity contribution in [3.63, 3.8) is 0 Å². The molecule has 0 aliphatic carbocycles. The Hall–Kier alpha value is -1.42. The molecule has 15 heavy (non-hydrogen) atoms. The molecule has 0 aromatic heterocycles. The van der Waals surface area contributed by atoms with E-state index in [2.05, 4.69) is 5.32 Å². The van der Waals surface area contributed by atoms with Crippen molar-refractivity contribution >= 4 is 17.7 Å². The summed E-state index contributed by atoms with van der Waals surface area (Å²) >= 11 is 1.52. The zero-order chi connectivity index (χ0) is 10.7. The largest absolute Gasteiger partial charge is 0.477 e. The lowest BCUT2D eigenvalue weighted by Gasteiger charge is -2.10. The molecule has 0 saturated heterocycles. The molecular formula is C11H11NO2S.